The first-order valence-electron chi connectivity index (χ1n) is 8.65. The van der Waals surface area contributed by atoms with E-state index in [-0.39, 0.29) is 11.2 Å². The average molecular weight is 327 g/mol. The van der Waals surface area contributed by atoms with Gasteiger partial charge in [0.2, 0.25) is 5.91 Å². The monoisotopic (exact) mass is 327 g/mol. The summed E-state index contributed by atoms with van der Waals surface area (Å²) in [5.41, 5.74) is 0. The molecule has 2 aromatic carbocycles. The molecule has 0 unspecified atom stereocenters. The molecule has 1 saturated carbocycles. The lowest BCUT2D eigenvalue weighted by Crippen LogP contribution is -2.35. The number of thioether (sulfide) groups is 1. The summed E-state index contributed by atoms with van der Waals surface area (Å²) in [6.45, 7) is 2.84. The van der Waals surface area contributed by atoms with Crippen molar-refractivity contribution in [2.24, 2.45) is 5.92 Å². The van der Waals surface area contributed by atoms with E-state index in [1.54, 1.807) is 11.8 Å². The third kappa shape index (κ3) is 4.51. The third-order valence-electron chi connectivity index (χ3n) is 4.69. The Labute approximate surface area is 143 Å². The number of hydrogen-bond acceptors (Lipinski definition) is 2. The number of carbonyl (C=O) groups is 1. The zero-order valence-corrected chi connectivity index (χ0v) is 14.6. The number of rotatable bonds is 5. The summed E-state index contributed by atoms with van der Waals surface area (Å²) < 4.78 is 0. The number of fused-ring (bicyclic) bond motifs is 1. The van der Waals surface area contributed by atoms with Gasteiger partial charge in [0.1, 0.15) is 0 Å². The molecular formula is C20H25NOS. The van der Waals surface area contributed by atoms with E-state index in [9.17, 15) is 4.79 Å². The summed E-state index contributed by atoms with van der Waals surface area (Å²) in [6, 6.07) is 14.7. The summed E-state index contributed by atoms with van der Waals surface area (Å²) >= 11 is 1.64. The summed E-state index contributed by atoms with van der Waals surface area (Å²) in [4.78, 5) is 13.5. The highest BCUT2D eigenvalue weighted by atomic mass is 32.2. The minimum atomic E-state index is -0.0558. The van der Waals surface area contributed by atoms with Crippen LogP contribution in [-0.2, 0) is 4.79 Å². The Morgan fingerprint density at radius 3 is 2.65 bits per heavy atom. The fraction of sp³-hybridized carbons (Fsp3) is 0.450. The molecule has 0 radical (unpaired) electrons. The second kappa shape index (κ2) is 7.87. The van der Waals surface area contributed by atoms with Gasteiger partial charge in [0.25, 0.3) is 0 Å². The molecule has 0 heterocycles. The molecule has 1 atom stereocenters. The van der Waals surface area contributed by atoms with Gasteiger partial charge in [0.15, 0.2) is 0 Å². The first-order chi connectivity index (χ1) is 11.2. The van der Waals surface area contributed by atoms with Crippen molar-refractivity contribution in [3.05, 3.63) is 42.5 Å². The van der Waals surface area contributed by atoms with E-state index >= 15 is 0 Å². The highest BCUT2D eigenvalue weighted by Gasteiger charge is 2.18. The van der Waals surface area contributed by atoms with Crippen molar-refractivity contribution in [1.29, 1.82) is 0 Å². The smallest absolute Gasteiger partial charge is 0.233 e. The second-order valence-electron chi connectivity index (χ2n) is 6.52. The molecule has 0 aliphatic heterocycles. The Balaban J connectivity index is 1.54. The fourth-order valence-corrected chi connectivity index (χ4v) is 4.22. The van der Waals surface area contributed by atoms with Crippen LogP contribution in [0, 0.1) is 5.92 Å². The maximum absolute atomic E-state index is 12.3. The lowest BCUT2D eigenvalue weighted by atomic mass is 9.89. The summed E-state index contributed by atoms with van der Waals surface area (Å²) in [7, 11) is 0. The van der Waals surface area contributed by atoms with Crippen LogP contribution in [0.25, 0.3) is 10.8 Å². The fourth-order valence-electron chi connectivity index (χ4n) is 3.28. The molecule has 3 heteroatoms. The molecule has 0 saturated heterocycles. The first kappa shape index (κ1) is 16.4. The molecule has 1 fully saturated rings. The van der Waals surface area contributed by atoms with Gasteiger partial charge in [0.05, 0.1) is 5.25 Å². The standard InChI is InChI=1S/C20H25NOS/c1-15(20(22)21-14-16-7-3-2-4-8-16)23-19-12-11-17-9-5-6-10-18(17)13-19/h5-6,9-13,15-16H,2-4,7-8,14H2,1H3,(H,21,22)/t15-/m1/s1. The molecule has 1 N–H and O–H groups in total. The van der Waals surface area contributed by atoms with Gasteiger partial charge in [-0.05, 0) is 48.6 Å². The zero-order valence-electron chi connectivity index (χ0n) is 13.8. The van der Waals surface area contributed by atoms with E-state index in [0.717, 1.165) is 11.4 Å². The van der Waals surface area contributed by atoms with Crippen molar-refractivity contribution < 1.29 is 4.79 Å². The van der Waals surface area contributed by atoms with Gasteiger partial charge in [-0.15, -0.1) is 11.8 Å². The van der Waals surface area contributed by atoms with Crippen LogP contribution in [0.3, 0.4) is 0 Å². The van der Waals surface area contributed by atoms with E-state index in [2.05, 4.69) is 47.8 Å². The number of amides is 1. The third-order valence-corrected chi connectivity index (χ3v) is 5.79. The van der Waals surface area contributed by atoms with E-state index < -0.39 is 0 Å². The topological polar surface area (TPSA) is 29.1 Å². The van der Waals surface area contributed by atoms with Crippen molar-refractivity contribution in [2.75, 3.05) is 6.54 Å². The Morgan fingerprint density at radius 1 is 1.13 bits per heavy atom. The molecule has 2 nitrogen and oxygen atoms in total. The van der Waals surface area contributed by atoms with Gasteiger partial charge in [-0.2, -0.15) is 0 Å². The molecule has 0 bridgehead atoms. The van der Waals surface area contributed by atoms with Crippen LogP contribution >= 0.6 is 11.8 Å². The van der Waals surface area contributed by atoms with Gasteiger partial charge in [0, 0.05) is 11.4 Å². The zero-order chi connectivity index (χ0) is 16.1. The number of carbonyl (C=O) groups excluding carboxylic acids is 1. The molecule has 1 amide bonds. The summed E-state index contributed by atoms with van der Waals surface area (Å²) in [5.74, 6) is 0.847. The maximum atomic E-state index is 12.3. The quantitative estimate of drug-likeness (QED) is 0.782. The van der Waals surface area contributed by atoms with E-state index in [1.807, 2.05) is 6.92 Å². The number of hydrogen-bond donors (Lipinski definition) is 1. The minimum Gasteiger partial charge on any atom is -0.355 e. The Kier molecular flexibility index (Phi) is 5.60. The molecule has 2 aromatic rings. The predicted octanol–water partition coefficient (Wildman–Crippen LogP) is 5.02. The first-order valence-corrected chi connectivity index (χ1v) is 9.53. The minimum absolute atomic E-state index is 0.0558. The highest BCUT2D eigenvalue weighted by molar-refractivity contribution is 8.00. The second-order valence-corrected chi connectivity index (χ2v) is 7.93. The maximum Gasteiger partial charge on any atom is 0.233 e. The van der Waals surface area contributed by atoms with Crippen LogP contribution in [0.15, 0.2) is 47.4 Å². The molecule has 0 aromatic heterocycles. The van der Waals surface area contributed by atoms with E-state index in [0.29, 0.717) is 5.92 Å². The van der Waals surface area contributed by atoms with Crippen molar-refractivity contribution in [1.82, 2.24) is 5.32 Å². The van der Waals surface area contributed by atoms with Crippen LogP contribution in [0.1, 0.15) is 39.0 Å². The van der Waals surface area contributed by atoms with Crippen molar-refractivity contribution in [3.63, 3.8) is 0 Å². The van der Waals surface area contributed by atoms with E-state index in [4.69, 9.17) is 0 Å². The largest absolute Gasteiger partial charge is 0.355 e. The predicted molar refractivity (Wildman–Crippen MR) is 98.9 cm³/mol. The van der Waals surface area contributed by atoms with Crippen molar-refractivity contribution >= 4 is 28.4 Å². The summed E-state index contributed by atoms with van der Waals surface area (Å²) in [6.07, 6.45) is 6.54. The molecular weight excluding hydrogens is 302 g/mol. The van der Waals surface area contributed by atoms with Crippen LogP contribution in [0.2, 0.25) is 0 Å². The Hall–Kier alpha value is -1.48. The van der Waals surface area contributed by atoms with E-state index in [1.165, 1.54) is 42.9 Å². The SMILES string of the molecule is C[C@@H](Sc1ccc2ccccc2c1)C(=O)NCC1CCCCC1. The molecule has 3 rings (SSSR count). The van der Waals surface area contributed by atoms with Crippen LogP contribution in [0.4, 0.5) is 0 Å². The lowest BCUT2D eigenvalue weighted by Gasteiger charge is -2.22. The Bertz CT molecular complexity index is 663. The normalized spacial score (nSPS) is 17.1. The van der Waals surface area contributed by atoms with Gasteiger partial charge in [-0.3, -0.25) is 4.79 Å². The molecule has 23 heavy (non-hydrogen) atoms. The van der Waals surface area contributed by atoms with Crippen molar-refractivity contribution in [2.45, 2.75) is 49.2 Å². The van der Waals surface area contributed by atoms with Crippen LogP contribution in [0.5, 0.6) is 0 Å². The van der Waals surface area contributed by atoms with Gasteiger partial charge >= 0.3 is 0 Å². The number of nitrogens with one attached hydrogen (secondary N) is 1. The molecule has 1 aliphatic carbocycles. The molecule has 0 spiro atoms. The lowest BCUT2D eigenvalue weighted by molar-refractivity contribution is -0.120. The van der Waals surface area contributed by atoms with Crippen molar-refractivity contribution in [3.8, 4) is 0 Å². The van der Waals surface area contributed by atoms with Gasteiger partial charge in [-0.25, -0.2) is 0 Å². The summed E-state index contributed by atoms with van der Waals surface area (Å²) in [5, 5.41) is 5.56. The van der Waals surface area contributed by atoms with Crippen LogP contribution in [-0.4, -0.2) is 17.7 Å². The van der Waals surface area contributed by atoms with Crippen LogP contribution < -0.4 is 5.32 Å². The molecule has 1 aliphatic rings. The van der Waals surface area contributed by atoms with Gasteiger partial charge in [-0.1, -0.05) is 49.6 Å². The average Bonchev–Trinajstić information content (AvgIpc) is 2.60. The highest BCUT2D eigenvalue weighted by Crippen LogP contribution is 2.27. The van der Waals surface area contributed by atoms with Gasteiger partial charge < -0.3 is 5.32 Å². The Morgan fingerprint density at radius 2 is 1.87 bits per heavy atom. The molecule has 122 valence electrons. The number of benzene rings is 2.